The highest BCUT2D eigenvalue weighted by molar-refractivity contribution is 5.90. The zero-order chi connectivity index (χ0) is 17.2. The third kappa shape index (κ3) is 9.35. The Morgan fingerprint density at radius 3 is 2.54 bits per heavy atom. The molecule has 1 aromatic rings. The van der Waals surface area contributed by atoms with Crippen molar-refractivity contribution in [3.63, 3.8) is 0 Å². The molecule has 1 fully saturated rings. The van der Waals surface area contributed by atoms with Crippen molar-refractivity contribution in [1.82, 2.24) is 10.2 Å². The number of halogens is 2. The summed E-state index contributed by atoms with van der Waals surface area (Å²) < 4.78 is 5.29. The Bertz CT molecular complexity index is 555. The predicted molar refractivity (Wildman–Crippen MR) is 107 cm³/mol. The summed E-state index contributed by atoms with van der Waals surface area (Å²) in [5.41, 5.74) is 7.02. The van der Waals surface area contributed by atoms with E-state index in [9.17, 15) is 9.59 Å². The van der Waals surface area contributed by atoms with Gasteiger partial charge in [0, 0.05) is 51.3 Å². The Morgan fingerprint density at radius 1 is 1.12 bits per heavy atom. The summed E-state index contributed by atoms with van der Waals surface area (Å²) >= 11 is 0. The number of rotatable bonds is 8. The van der Waals surface area contributed by atoms with Crippen molar-refractivity contribution < 1.29 is 14.3 Å². The number of anilines is 1. The number of hydrogen-bond donors (Lipinski definition) is 3. The van der Waals surface area contributed by atoms with Crippen molar-refractivity contribution in [2.24, 2.45) is 5.73 Å². The van der Waals surface area contributed by atoms with E-state index >= 15 is 0 Å². The number of nitrogens with two attached hydrogens (primary N) is 1. The molecule has 0 unspecified atom stereocenters. The average molecular weight is 407 g/mol. The molecule has 4 N–H and O–H groups in total. The summed E-state index contributed by atoms with van der Waals surface area (Å²) in [6.45, 7) is 4.74. The van der Waals surface area contributed by atoms with Gasteiger partial charge in [-0.25, -0.2) is 0 Å². The van der Waals surface area contributed by atoms with Crippen LogP contribution in [0.1, 0.15) is 18.4 Å². The van der Waals surface area contributed by atoms with Crippen molar-refractivity contribution in [3.05, 3.63) is 29.8 Å². The summed E-state index contributed by atoms with van der Waals surface area (Å²) in [6.07, 6.45) is 0.773. The molecule has 0 bridgehead atoms. The van der Waals surface area contributed by atoms with Crippen molar-refractivity contribution >= 4 is 42.3 Å². The van der Waals surface area contributed by atoms with E-state index in [-0.39, 0.29) is 36.6 Å². The van der Waals surface area contributed by atoms with Crippen LogP contribution in [0.5, 0.6) is 0 Å². The molecular weight excluding hydrogens is 379 g/mol. The van der Waals surface area contributed by atoms with Gasteiger partial charge >= 0.3 is 0 Å². The number of amides is 2. The van der Waals surface area contributed by atoms with Gasteiger partial charge in [0.15, 0.2) is 0 Å². The molecule has 1 heterocycles. The normalized spacial score (nSPS) is 13.9. The van der Waals surface area contributed by atoms with Crippen molar-refractivity contribution in [1.29, 1.82) is 0 Å². The van der Waals surface area contributed by atoms with E-state index in [2.05, 4.69) is 15.5 Å². The second-order valence-electron chi connectivity index (χ2n) is 5.77. The molecule has 1 saturated heterocycles. The van der Waals surface area contributed by atoms with Gasteiger partial charge < -0.3 is 21.1 Å². The lowest BCUT2D eigenvalue weighted by Crippen LogP contribution is -2.38. The minimum atomic E-state index is -0.0718. The van der Waals surface area contributed by atoms with Gasteiger partial charge in [0.05, 0.1) is 13.2 Å². The number of nitrogens with zero attached hydrogens (tertiary/aromatic N) is 1. The van der Waals surface area contributed by atoms with Crippen molar-refractivity contribution in [2.75, 3.05) is 44.7 Å². The van der Waals surface area contributed by atoms with Gasteiger partial charge in [-0.2, -0.15) is 0 Å². The minimum absolute atomic E-state index is 0. The van der Waals surface area contributed by atoms with Crippen molar-refractivity contribution in [2.45, 2.75) is 19.4 Å². The largest absolute Gasteiger partial charge is 0.379 e. The zero-order valence-electron chi connectivity index (χ0n) is 14.7. The lowest BCUT2D eigenvalue weighted by atomic mass is 10.2. The minimum Gasteiger partial charge on any atom is -0.379 e. The molecule has 148 valence electrons. The summed E-state index contributed by atoms with van der Waals surface area (Å²) in [4.78, 5) is 25.7. The van der Waals surface area contributed by atoms with Gasteiger partial charge in [0.2, 0.25) is 11.8 Å². The van der Waals surface area contributed by atoms with E-state index in [1.165, 1.54) is 0 Å². The molecule has 2 amide bonds. The highest BCUT2D eigenvalue weighted by atomic mass is 35.5. The van der Waals surface area contributed by atoms with Crippen LogP contribution in [0, 0.1) is 0 Å². The lowest BCUT2D eigenvalue weighted by Gasteiger charge is -2.26. The third-order valence-corrected chi connectivity index (χ3v) is 3.83. The smallest absolute Gasteiger partial charge is 0.225 e. The SMILES string of the molecule is Cl.Cl.NCCC(=O)NCc1cccc(NC(=O)CCN2CCOCC2)c1. The Morgan fingerprint density at radius 2 is 1.85 bits per heavy atom. The average Bonchev–Trinajstić information content (AvgIpc) is 2.60. The molecule has 0 radical (unpaired) electrons. The molecule has 26 heavy (non-hydrogen) atoms. The molecular formula is C17H28Cl2N4O3. The molecule has 2 rings (SSSR count). The first kappa shape index (κ1) is 24.6. The van der Waals surface area contributed by atoms with Crippen LogP contribution in [0.15, 0.2) is 24.3 Å². The number of ether oxygens (including phenoxy) is 1. The number of carbonyl (C=O) groups is 2. The van der Waals surface area contributed by atoms with E-state index in [1.807, 2.05) is 24.3 Å². The van der Waals surface area contributed by atoms with Crippen LogP contribution in [-0.2, 0) is 20.9 Å². The van der Waals surface area contributed by atoms with E-state index in [0.717, 1.165) is 44.1 Å². The molecule has 9 heteroatoms. The molecule has 1 aromatic carbocycles. The molecule has 0 spiro atoms. The fourth-order valence-electron chi connectivity index (χ4n) is 2.49. The van der Waals surface area contributed by atoms with E-state index in [0.29, 0.717) is 25.9 Å². The van der Waals surface area contributed by atoms with Crippen LogP contribution < -0.4 is 16.4 Å². The molecule has 1 aliphatic heterocycles. The zero-order valence-corrected chi connectivity index (χ0v) is 16.4. The Balaban J connectivity index is 0.00000312. The number of nitrogens with one attached hydrogen (secondary N) is 2. The Hall–Kier alpha value is -1.38. The van der Waals surface area contributed by atoms with Gasteiger partial charge in [0.1, 0.15) is 0 Å². The molecule has 7 nitrogen and oxygen atoms in total. The lowest BCUT2D eigenvalue weighted by molar-refractivity contribution is -0.121. The monoisotopic (exact) mass is 406 g/mol. The third-order valence-electron chi connectivity index (χ3n) is 3.83. The van der Waals surface area contributed by atoms with E-state index < -0.39 is 0 Å². The molecule has 0 saturated carbocycles. The van der Waals surface area contributed by atoms with Crippen molar-refractivity contribution in [3.8, 4) is 0 Å². The summed E-state index contributed by atoms with van der Waals surface area (Å²) in [6, 6.07) is 7.49. The highest BCUT2D eigenvalue weighted by Crippen LogP contribution is 2.11. The van der Waals surface area contributed by atoms with Gasteiger partial charge in [-0.05, 0) is 17.7 Å². The first-order chi connectivity index (χ1) is 11.7. The van der Waals surface area contributed by atoms with Gasteiger partial charge in [-0.3, -0.25) is 14.5 Å². The maximum Gasteiger partial charge on any atom is 0.225 e. The maximum atomic E-state index is 12.1. The summed E-state index contributed by atoms with van der Waals surface area (Å²) in [5.74, 6) is -0.0803. The van der Waals surface area contributed by atoms with Crippen LogP contribution >= 0.6 is 24.8 Å². The van der Waals surface area contributed by atoms with Crippen LogP contribution in [-0.4, -0.2) is 56.1 Å². The van der Waals surface area contributed by atoms with Gasteiger partial charge in [0.25, 0.3) is 0 Å². The number of benzene rings is 1. The Labute approximate surface area is 166 Å². The first-order valence-corrected chi connectivity index (χ1v) is 8.33. The second kappa shape index (κ2) is 13.8. The Kier molecular flexibility index (Phi) is 13.0. The second-order valence-corrected chi connectivity index (χ2v) is 5.77. The quantitative estimate of drug-likeness (QED) is 0.601. The summed E-state index contributed by atoms with van der Waals surface area (Å²) in [7, 11) is 0. The molecule has 1 aliphatic rings. The van der Waals surface area contributed by atoms with Gasteiger partial charge in [-0.1, -0.05) is 12.1 Å². The topological polar surface area (TPSA) is 96.7 Å². The molecule has 0 aliphatic carbocycles. The number of hydrogen-bond acceptors (Lipinski definition) is 5. The number of carbonyl (C=O) groups excluding carboxylic acids is 2. The van der Waals surface area contributed by atoms with E-state index in [1.54, 1.807) is 0 Å². The standard InChI is InChI=1S/C17H26N4O3.2ClH/c18-6-4-16(22)19-13-14-2-1-3-15(12-14)20-17(23)5-7-21-8-10-24-11-9-21;;/h1-3,12H,4-11,13,18H2,(H,19,22)(H,20,23);2*1H. The van der Waals surface area contributed by atoms with Crippen LogP contribution in [0.4, 0.5) is 5.69 Å². The van der Waals surface area contributed by atoms with Crippen LogP contribution in [0.3, 0.4) is 0 Å². The fraction of sp³-hybridized carbons (Fsp3) is 0.529. The molecule has 0 atom stereocenters. The predicted octanol–water partition coefficient (Wildman–Crippen LogP) is 1.16. The number of morpholine rings is 1. The maximum absolute atomic E-state index is 12.1. The fourth-order valence-corrected chi connectivity index (χ4v) is 2.49. The van der Waals surface area contributed by atoms with Gasteiger partial charge in [-0.15, -0.1) is 24.8 Å². The highest BCUT2D eigenvalue weighted by Gasteiger charge is 2.12. The van der Waals surface area contributed by atoms with Crippen LogP contribution in [0.2, 0.25) is 0 Å². The van der Waals surface area contributed by atoms with E-state index in [4.69, 9.17) is 10.5 Å². The summed E-state index contributed by atoms with van der Waals surface area (Å²) in [5, 5.41) is 5.70. The van der Waals surface area contributed by atoms with Crippen LogP contribution in [0.25, 0.3) is 0 Å². The molecule has 0 aromatic heterocycles. The first-order valence-electron chi connectivity index (χ1n) is 8.33.